The standard InChI is InChI=1S/C10H11NO2/c11-10(9-5-2-6-13-9)7-3-1-4-8(7)12/h2,5-6H,1,3-4,11H2/b10-7-. The van der Waals surface area contributed by atoms with Crippen LogP contribution in [0.1, 0.15) is 25.0 Å². The molecule has 1 aliphatic carbocycles. The molecule has 0 aliphatic heterocycles. The predicted molar refractivity (Wildman–Crippen MR) is 48.7 cm³/mol. The molecular formula is C10H11NO2. The van der Waals surface area contributed by atoms with Crippen LogP contribution in [0, 0.1) is 0 Å². The quantitative estimate of drug-likeness (QED) is 0.664. The van der Waals surface area contributed by atoms with Crippen LogP contribution in [0.25, 0.3) is 5.70 Å². The number of furan rings is 1. The van der Waals surface area contributed by atoms with Gasteiger partial charge in [0.1, 0.15) is 5.76 Å². The zero-order chi connectivity index (χ0) is 9.26. The molecule has 1 fully saturated rings. The van der Waals surface area contributed by atoms with Crippen molar-refractivity contribution in [3.63, 3.8) is 0 Å². The van der Waals surface area contributed by atoms with E-state index in [2.05, 4.69) is 0 Å². The summed E-state index contributed by atoms with van der Waals surface area (Å²) in [6.45, 7) is 0. The lowest BCUT2D eigenvalue weighted by molar-refractivity contribution is -0.114. The van der Waals surface area contributed by atoms with Crippen molar-refractivity contribution in [1.29, 1.82) is 0 Å². The summed E-state index contributed by atoms with van der Waals surface area (Å²) in [4.78, 5) is 11.3. The van der Waals surface area contributed by atoms with Gasteiger partial charge in [-0.1, -0.05) is 0 Å². The number of allylic oxidation sites excluding steroid dienone is 1. The van der Waals surface area contributed by atoms with Gasteiger partial charge in [-0.3, -0.25) is 4.79 Å². The van der Waals surface area contributed by atoms with Gasteiger partial charge >= 0.3 is 0 Å². The van der Waals surface area contributed by atoms with Crippen molar-refractivity contribution in [2.24, 2.45) is 5.73 Å². The average Bonchev–Trinajstić information content (AvgIpc) is 2.72. The molecule has 1 aromatic heterocycles. The fourth-order valence-corrected chi connectivity index (χ4v) is 1.58. The third-order valence-corrected chi connectivity index (χ3v) is 2.28. The van der Waals surface area contributed by atoms with Crippen molar-refractivity contribution in [2.45, 2.75) is 19.3 Å². The van der Waals surface area contributed by atoms with E-state index in [1.54, 1.807) is 18.4 Å². The summed E-state index contributed by atoms with van der Waals surface area (Å²) < 4.78 is 5.12. The van der Waals surface area contributed by atoms with E-state index in [1.165, 1.54) is 0 Å². The van der Waals surface area contributed by atoms with E-state index in [9.17, 15) is 4.79 Å². The zero-order valence-electron chi connectivity index (χ0n) is 7.25. The predicted octanol–water partition coefficient (Wildman–Crippen LogP) is 1.70. The molecule has 0 spiro atoms. The normalized spacial score (nSPS) is 20.8. The maximum Gasteiger partial charge on any atom is 0.161 e. The summed E-state index contributed by atoms with van der Waals surface area (Å²) in [5.74, 6) is 0.763. The summed E-state index contributed by atoms with van der Waals surface area (Å²) in [5.41, 5.74) is 7.04. The minimum Gasteiger partial charge on any atom is -0.463 e. The number of hydrogen-bond donors (Lipinski definition) is 1. The van der Waals surface area contributed by atoms with E-state index in [-0.39, 0.29) is 5.78 Å². The van der Waals surface area contributed by atoms with Crippen LogP contribution in [0.3, 0.4) is 0 Å². The molecule has 3 heteroatoms. The minimum atomic E-state index is 0.161. The first-order chi connectivity index (χ1) is 6.29. The minimum absolute atomic E-state index is 0.161. The van der Waals surface area contributed by atoms with Crippen LogP contribution in [-0.2, 0) is 4.79 Å². The van der Waals surface area contributed by atoms with Gasteiger partial charge in [0, 0.05) is 12.0 Å². The van der Waals surface area contributed by atoms with Crippen LogP contribution in [0.4, 0.5) is 0 Å². The van der Waals surface area contributed by atoms with Crippen molar-refractivity contribution in [1.82, 2.24) is 0 Å². The number of Topliss-reactive ketones (excluding diaryl/α,β-unsaturated/α-hetero) is 1. The summed E-state index contributed by atoms with van der Waals surface area (Å²) in [7, 11) is 0. The van der Waals surface area contributed by atoms with Crippen molar-refractivity contribution < 1.29 is 9.21 Å². The summed E-state index contributed by atoms with van der Waals surface area (Å²) >= 11 is 0. The Morgan fingerprint density at radius 2 is 2.31 bits per heavy atom. The van der Waals surface area contributed by atoms with Gasteiger partial charge in [-0.15, -0.1) is 0 Å². The highest BCUT2D eigenvalue weighted by Gasteiger charge is 2.21. The van der Waals surface area contributed by atoms with E-state index in [4.69, 9.17) is 10.2 Å². The zero-order valence-corrected chi connectivity index (χ0v) is 7.25. The Bertz CT molecular complexity index is 349. The maximum absolute atomic E-state index is 11.3. The Labute approximate surface area is 76.2 Å². The van der Waals surface area contributed by atoms with Gasteiger partial charge in [-0.05, 0) is 25.0 Å². The SMILES string of the molecule is N/C(=C1/CCCC1=O)c1ccco1. The highest BCUT2D eigenvalue weighted by Crippen LogP contribution is 2.26. The first-order valence-electron chi connectivity index (χ1n) is 4.35. The average molecular weight is 177 g/mol. The summed E-state index contributed by atoms with van der Waals surface area (Å²) in [6.07, 6.45) is 3.87. The lowest BCUT2D eigenvalue weighted by Gasteiger charge is -2.00. The van der Waals surface area contributed by atoms with Crippen molar-refractivity contribution in [3.8, 4) is 0 Å². The topological polar surface area (TPSA) is 56.2 Å². The smallest absolute Gasteiger partial charge is 0.161 e. The first kappa shape index (κ1) is 8.10. The molecule has 0 saturated heterocycles. The number of ketones is 1. The van der Waals surface area contributed by atoms with Crippen LogP contribution in [0.5, 0.6) is 0 Å². The fourth-order valence-electron chi connectivity index (χ4n) is 1.58. The van der Waals surface area contributed by atoms with Gasteiger partial charge in [0.05, 0.1) is 12.0 Å². The highest BCUT2D eigenvalue weighted by atomic mass is 16.3. The third kappa shape index (κ3) is 1.37. The molecule has 0 amide bonds. The van der Waals surface area contributed by atoms with E-state index in [0.29, 0.717) is 17.9 Å². The first-order valence-corrected chi connectivity index (χ1v) is 4.35. The van der Waals surface area contributed by atoms with Crippen LogP contribution >= 0.6 is 0 Å². The van der Waals surface area contributed by atoms with E-state index >= 15 is 0 Å². The Balaban J connectivity index is 2.38. The summed E-state index contributed by atoms with van der Waals surface area (Å²) in [5, 5.41) is 0. The second-order valence-electron chi connectivity index (χ2n) is 3.15. The molecule has 1 aliphatic rings. The molecule has 2 N–H and O–H groups in total. The molecule has 1 aromatic rings. The highest BCUT2D eigenvalue weighted by molar-refractivity contribution is 6.03. The van der Waals surface area contributed by atoms with E-state index < -0.39 is 0 Å². The molecular weight excluding hydrogens is 166 g/mol. The lowest BCUT2D eigenvalue weighted by atomic mass is 10.1. The molecule has 3 nitrogen and oxygen atoms in total. The molecule has 1 saturated carbocycles. The molecule has 68 valence electrons. The molecule has 1 heterocycles. The van der Waals surface area contributed by atoms with Crippen molar-refractivity contribution in [3.05, 3.63) is 29.7 Å². The number of nitrogens with two attached hydrogens (primary N) is 1. The lowest BCUT2D eigenvalue weighted by Crippen LogP contribution is -2.04. The van der Waals surface area contributed by atoms with Crippen LogP contribution in [0.2, 0.25) is 0 Å². The van der Waals surface area contributed by atoms with Gasteiger partial charge in [-0.25, -0.2) is 0 Å². The van der Waals surface area contributed by atoms with Gasteiger partial charge in [0.2, 0.25) is 0 Å². The fraction of sp³-hybridized carbons (Fsp3) is 0.300. The van der Waals surface area contributed by atoms with Crippen LogP contribution in [-0.4, -0.2) is 5.78 Å². The second-order valence-corrected chi connectivity index (χ2v) is 3.15. The van der Waals surface area contributed by atoms with Crippen LogP contribution < -0.4 is 5.73 Å². The number of carbonyl (C=O) groups is 1. The molecule has 0 radical (unpaired) electrons. The van der Waals surface area contributed by atoms with Gasteiger partial charge < -0.3 is 10.2 Å². The monoisotopic (exact) mass is 177 g/mol. The molecule has 0 bridgehead atoms. The molecule has 13 heavy (non-hydrogen) atoms. The summed E-state index contributed by atoms with van der Waals surface area (Å²) in [6, 6.07) is 3.54. The van der Waals surface area contributed by atoms with Crippen LogP contribution in [0.15, 0.2) is 28.4 Å². The number of carbonyl (C=O) groups excluding carboxylic acids is 1. The van der Waals surface area contributed by atoms with Crippen molar-refractivity contribution >= 4 is 11.5 Å². The van der Waals surface area contributed by atoms with Gasteiger partial charge in [-0.2, -0.15) is 0 Å². The van der Waals surface area contributed by atoms with Gasteiger partial charge in [0.25, 0.3) is 0 Å². The Morgan fingerprint density at radius 3 is 2.85 bits per heavy atom. The number of hydrogen-bond acceptors (Lipinski definition) is 3. The largest absolute Gasteiger partial charge is 0.463 e. The Hall–Kier alpha value is -1.51. The van der Waals surface area contributed by atoms with Crippen molar-refractivity contribution in [2.75, 3.05) is 0 Å². The second kappa shape index (κ2) is 3.09. The van der Waals surface area contributed by atoms with Gasteiger partial charge in [0.15, 0.2) is 5.78 Å². The third-order valence-electron chi connectivity index (χ3n) is 2.28. The molecule has 0 unspecified atom stereocenters. The van der Waals surface area contributed by atoms with E-state index in [1.807, 2.05) is 0 Å². The Kier molecular flexibility index (Phi) is 1.93. The Morgan fingerprint density at radius 1 is 1.46 bits per heavy atom. The molecule has 0 atom stereocenters. The number of rotatable bonds is 1. The molecule has 2 rings (SSSR count). The molecule has 0 aromatic carbocycles. The maximum atomic E-state index is 11.3. The van der Waals surface area contributed by atoms with E-state index in [0.717, 1.165) is 18.4 Å².